The van der Waals surface area contributed by atoms with Gasteiger partial charge in [-0.2, -0.15) is 0 Å². The van der Waals surface area contributed by atoms with Crippen molar-refractivity contribution in [1.82, 2.24) is 5.32 Å². The molecule has 1 nitrogen and oxygen atoms in total. The van der Waals surface area contributed by atoms with E-state index in [2.05, 4.69) is 37.4 Å². The van der Waals surface area contributed by atoms with Crippen LogP contribution in [0.4, 0.5) is 4.39 Å². The number of hydrogen-bond acceptors (Lipinski definition) is 1. The quantitative estimate of drug-likeness (QED) is 0.868. The fourth-order valence-electron chi connectivity index (χ4n) is 2.39. The van der Waals surface area contributed by atoms with E-state index in [0.29, 0.717) is 10.6 Å². The van der Waals surface area contributed by atoms with Gasteiger partial charge < -0.3 is 5.32 Å². The molecule has 0 aliphatic rings. The second-order valence-corrected chi connectivity index (χ2v) is 5.58. The van der Waals surface area contributed by atoms with Crippen molar-refractivity contribution in [3.63, 3.8) is 0 Å². The Kier molecular flexibility index (Phi) is 4.79. The highest BCUT2D eigenvalue weighted by Gasteiger charge is 2.16. The molecule has 20 heavy (non-hydrogen) atoms. The van der Waals surface area contributed by atoms with Gasteiger partial charge in [0.15, 0.2) is 0 Å². The molecule has 2 rings (SSSR count). The van der Waals surface area contributed by atoms with Gasteiger partial charge >= 0.3 is 0 Å². The zero-order valence-corrected chi connectivity index (χ0v) is 12.8. The Morgan fingerprint density at radius 3 is 2.60 bits per heavy atom. The second-order valence-electron chi connectivity index (χ2n) is 5.14. The average Bonchev–Trinajstić information content (AvgIpc) is 2.42. The maximum absolute atomic E-state index is 14.0. The lowest BCUT2D eigenvalue weighted by atomic mass is 9.94. The minimum Gasteiger partial charge on any atom is -0.313 e. The van der Waals surface area contributed by atoms with Crippen LogP contribution in [0, 0.1) is 19.7 Å². The highest BCUT2D eigenvalue weighted by molar-refractivity contribution is 6.30. The smallest absolute Gasteiger partial charge is 0.128 e. The fraction of sp³-hybridized carbons (Fsp3) is 0.294. The largest absolute Gasteiger partial charge is 0.313 e. The van der Waals surface area contributed by atoms with Crippen LogP contribution in [-0.4, -0.2) is 7.05 Å². The van der Waals surface area contributed by atoms with Gasteiger partial charge in [-0.3, -0.25) is 0 Å². The number of benzene rings is 2. The van der Waals surface area contributed by atoms with E-state index >= 15 is 0 Å². The summed E-state index contributed by atoms with van der Waals surface area (Å²) in [6.07, 6.45) is 0.737. The summed E-state index contributed by atoms with van der Waals surface area (Å²) in [5.41, 5.74) is 4.27. The van der Waals surface area contributed by atoms with E-state index in [1.807, 2.05) is 7.05 Å². The van der Waals surface area contributed by atoms with Gasteiger partial charge in [0.25, 0.3) is 0 Å². The van der Waals surface area contributed by atoms with E-state index < -0.39 is 0 Å². The van der Waals surface area contributed by atoms with Crippen molar-refractivity contribution >= 4 is 11.6 Å². The van der Waals surface area contributed by atoms with Crippen LogP contribution in [-0.2, 0) is 6.42 Å². The number of hydrogen-bond donors (Lipinski definition) is 1. The van der Waals surface area contributed by atoms with Crippen LogP contribution >= 0.6 is 11.6 Å². The van der Waals surface area contributed by atoms with Crippen molar-refractivity contribution in [2.45, 2.75) is 26.3 Å². The first-order chi connectivity index (χ1) is 9.51. The van der Waals surface area contributed by atoms with Gasteiger partial charge in [-0.1, -0.05) is 35.4 Å². The van der Waals surface area contributed by atoms with Crippen LogP contribution in [0.3, 0.4) is 0 Å². The first-order valence-corrected chi connectivity index (χ1v) is 7.07. The zero-order chi connectivity index (χ0) is 14.7. The van der Waals surface area contributed by atoms with Crippen molar-refractivity contribution in [2.75, 3.05) is 7.05 Å². The third-order valence-corrected chi connectivity index (χ3v) is 3.85. The molecule has 0 amide bonds. The normalized spacial score (nSPS) is 12.4. The lowest BCUT2D eigenvalue weighted by Gasteiger charge is -2.19. The zero-order valence-electron chi connectivity index (χ0n) is 12.0. The van der Waals surface area contributed by atoms with Crippen molar-refractivity contribution in [3.05, 3.63) is 69.5 Å². The van der Waals surface area contributed by atoms with Gasteiger partial charge in [0.1, 0.15) is 5.82 Å². The molecule has 0 aliphatic carbocycles. The van der Waals surface area contributed by atoms with E-state index in [9.17, 15) is 4.39 Å². The molecule has 1 atom stereocenters. The van der Waals surface area contributed by atoms with Crippen LogP contribution in [0.15, 0.2) is 36.4 Å². The third kappa shape index (κ3) is 3.38. The van der Waals surface area contributed by atoms with Crippen molar-refractivity contribution in [1.29, 1.82) is 0 Å². The van der Waals surface area contributed by atoms with Crippen molar-refractivity contribution in [2.24, 2.45) is 0 Å². The van der Waals surface area contributed by atoms with Crippen molar-refractivity contribution in [3.8, 4) is 0 Å². The topological polar surface area (TPSA) is 12.0 Å². The maximum Gasteiger partial charge on any atom is 0.128 e. The summed E-state index contributed by atoms with van der Waals surface area (Å²) < 4.78 is 14.0. The molecule has 0 saturated carbocycles. The summed E-state index contributed by atoms with van der Waals surface area (Å²) in [6.45, 7) is 4.15. The van der Waals surface area contributed by atoms with E-state index in [1.165, 1.54) is 22.8 Å². The molecule has 0 spiro atoms. The van der Waals surface area contributed by atoms with Crippen LogP contribution in [0.5, 0.6) is 0 Å². The Hall–Kier alpha value is -1.38. The molecule has 106 valence electrons. The van der Waals surface area contributed by atoms with Crippen LogP contribution < -0.4 is 5.32 Å². The number of halogens is 2. The van der Waals surface area contributed by atoms with Gasteiger partial charge in [-0.05, 0) is 56.6 Å². The molecule has 0 aromatic heterocycles. The Bertz CT molecular complexity index is 610. The van der Waals surface area contributed by atoms with Crippen molar-refractivity contribution < 1.29 is 4.39 Å². The molecule has 0 bridgehead atoms. The highest BCUT2D eigenvalue weighted by Crippen LogP contribution is 2.25. The predicted molar refractivity (Wildman–Crippen MR) is 82.8 cm³/mol. The molecular weight excluding hydrogens is 273 g/mol. The summed E-state index contributed by atoms with van der Waals surface area (Å²) in [4.78, 5) is 0. The molecule has 0 heterocycles. The second kappa shape index (κ2) is 6.38. The Morgan fingerprint density at radius 1 is 1.15 bits per heavy atom. The summed E-state index contributed by atoms with van der Waals surface area (Å²) in [7, 11) is 1.84. The number of nitrogens with one attached hydrogen (secondary N) is 1. The van der Waals surface area contributed by atoms with Gasteiger partial charge in [0, 0.05) is 16.6 Å². The Morgan fingerprint density at radius 2 is 1.90 bits per heavy atom. The molecule has 0 radical (unpaired) electrons. The van der Waals surface area contributed by atoms with E-state index in [-0.39, 0.29) is 11.9 Å². The lowest BCUT2D eigenvalue weighted by Crippen LogP contribution is -2.20. The van der Waals surface area contributed by atoms with E-state index in [4.69, 9.17) is 11.6 Å². The molecule has 1 unspecified atom stereocenters. The molecular formula is C17H19ClFN. The monoisotopic (exact) mass is 291 g/mol. The minimum absolute atomic E-state index is 0.0887. The molecule has 0 aliphatic heterocycles. The molecule has 0 fully saturated rings. The van der Waals surface area contributed by atoms with Gasteiger partial charge in [-0.25, -0.2) is 4.39 Å². The minimum atomic E-state index is -0.223. The van der Waals surface area contributed by atoms with E-state index in [0.717, 1.165) is 6.42 Å². The van der Waals surface area contributed by atoms with Gasteiger partial charge in [0.05, 0.1) is 0 Å². The van der Waals surface area contributed by atoms with Crippen LogP contribution in [0.2, 0.25) is 5.02 Å². The predicted octanol–water partition coefficient (Wildman–Crippen LogP) is 4.60. The Labute approximate surface area is 124 Å². The lowest BCUT2D eigenvalue weighted by molar-refractivity contribution is 0.533. The average molecular weight is 292 g/mol. The molecule has 2 aromatic carbocycles. The first-order valence-electron chi connectivity index (χ1n) is 6.69. The summed E-state index contributed by atoms with van der Waals surface area (Å²) in [5, 5.41) is 3.74. The molecule has 0 saturated heterocycles. The standard InChI is InChI=1S/C17H19ClFN/c1-11-4-5-12(2)13(8-11)9-17(20-3)15-10-14(18)6-7-16(15)19/h4-8,10,17,20H,9H2,1-3H3. The van der Waals surface area contributed by atoms with Gasteiger partial charge in [-0.15, -0.1) is 0 Å². The molecule has 2 aromatic rings. The van der Waals surface area contributed by atoms with Crippen LogP contribution in [0.1, 0.15) is 28.3 Å². The summed E-state index contributed by atoms with van der Waals surface area (Å²) >= 11 is 5.98. The van der Waals surface area contributed by atoms with E-state index in [1.54, 1.807) is 12.1 Å². The highest BCUT2D eigenvalue weighted by atomic mass is 35.5. The number of aryl methyl sites for hydroxylation is 2. The maximum atomic E-state index is 14.0. The van der Waals surface area contributed by atoms with Gasteiger partial charge in [0.2, 0.25) is 0 Å². The third-order valence-electron chi connectivity index (χ3n) is 3.61. The fourth-order valence-corrected chi connectivity index (χ4v) is 2.57. The summed E-state index contributed by atoms with van der Waals surface area (Å²) in [5.74, 6) is -0.223. The SMILES string of the molecule is CNC(Cc1cc(C)ccc1C)c1cc(Cl)ccc1F. The molecule has 3 heteroatoms. The number of rotatable bonds is 4. The first kappa shape index (κ1) is 15.0. The Balaban J connectivity index is 2.33. The van der Waals surface area contributed by atoms with Crippen LogP contribution in [0.25, 0.3) is 0 Å². The number of likely N-dealkylation sites (N-methyl/N-ethyl adjacent to an activating group) is 1. The summed E-state index contributed by atoms with van der Waals surface area (Å²) in [6, 6.07) is 11.0. The molecule has 1 N–H and O–H groups in total.